The normalized spacial score (nSPS) is 12.1. The summed E-state index contributed by atoms with van der Waals surface area (Å²) in [5, 5.41) is 9.53. The molecule has 138 valence electrons. The molecule has 4 rings (SSSR count). The van der Waals surface area contributed by atoms with Crippen molar-refractivity contribution in [2.24, 2.45) is 0 Å². The lowest BCUT2D eigenvalue weighted by molar-refractivity contribution is -0.120. The summed E-state index contributed by atoms with van der Waals surface area (Å²) >= 11 is 0. The zero-order valence-electron chi connectivity index (χ0n) is 14.5. The molecule has 2 N–H and O–H groups in total. The van der Waals surface area contributed by atoms with Crippen LogP contribution in [0.15, 0.2) is 48.7 Å². The van der Waals surface area contributed by atoms with E-state index in [9.17, 15) is 9.59 Å². The molecule has 2 amide bonds. The number of amides is 2. The van der Waals surface area contributed by atoms with Crippen molar-refractivity contribution >= 4 is 17.3 Å². The molecule has 0 saturated heterocycles. The van der Waals surface area contributed by atoms with E-state index in [1.54, 1.807) is 16.8 Å². The summed E-state index contributed by atoms with van der Waals surface area (Å²) in [6.07, 6.45) is 2.41. The Bertz CT molecular complexity index is 965. The molecule has 0 fully saturated rings. The number of rotatable bonds is 6. The van der Waals surface area contributed by atoms with Gasteiger partial charge < -0.3 is 20.1 Å². The van der Waals surface area contributed by atoms with Crippen LogP contribution >= 0.6 is 0 Å². The highest BCUT2D eigenvalue weighted by molar-refractivity contribution is 5.95. The summed E-state index contributed by atoms with van der Waals surface area (Å²) in [6, 6.07) is 12.9. The summed E-state index contributed by atoms with van der Waals surface area (Å²) in [5.41, 5.74) is 2.12. The molecule has 0 saturated carbocycles. The minimum Gasteiger partial charge on any atom is -0.454 e. The van der Waals surface area contributed by atoms with E-state index in [0.717, 1.165) is 22.6 Å². The molecular formula is C19H18N4O4. The zero-order valence-corrected chi connectivity index (χ0v) is 14.5. The Morgan fingerprint density at radius 3 is 2.85 bits per heavy atom. The number of nitrogens with one attached hydrogen (secondary N) is 2. The van der Waals surface area contributed by atoms with Gasteiger partial charge in [-0.15, -0.1) is 0 Å². The van der Waals surface area contributed by atoms with Gasteiger partial charge in [-0.1, -0.05) is 12.1 Å². The Hall–Kier alpha value is -3.55. The number of aromatic nitrogens is 2. The van der Waals surface area contributed by atoms with Crippen LogP contribution < -0.4 is 20.1 Å². The van der Waals surface area contributed by atoms with Crippen molar-refractivity contribution in [2.45, 2.75) is 6.42 Å². The van der Waals surface area contributed by atoms with Gasteiger partial charge >= 0.3 is 0 Å². The molecule has 2 aromatic heterocycles. The van der Waals surface area contributed by atoms with Gasteiger partial charge in [0.2, 0.25) is 12.7 Å². The van der Waals surface area contributed by atoms with Crippen LogP contribution in [0.2, 0.25) is 0 Å². The number of nitrogens with zero attached hydrogens (tertiary/aromatic N) is 2. The number of pyridine rings is 1. The van der Waals surface area contributed by atoms with E-state index in [1.807, 2.05) is 36.4 Å². The molecule has 0 unspecified atom stereocenters. The van der Waals surface area contributed by atoms with Gasteiger partial charge in [0.1, 0.15) is 0 Å². The van der Waals surface area contributed by atoms with Crippen LogP contribution in [-0.4, -0.2) is 41.3 Å². The number of hydrogen-bond acceptors (Lipinski definition) is 5. The first-order chi connectivity index (χ1) is 13.2. The number of carbonyl (C=O) groups is 2. The number of benzene rings is 1. The van der Waals surface area contributed by atoms with Gasteiger partial charge in [-0.05, 0) is 42.3 Å². The van der Waals surface area contributed by atoms with Crippen LogP contribution in [0, 0.1) is 0 Å². The summed E-state index contributed by atoms with van der Waals surface area (Å²) in [7, 11) is 0. The van der Waals surface area contributed by atoms with Gasteiger partial charge in [0.25, 0.3) is 5.91 Å². The third-order valence-electron chi connectivity index (χ3n) is 4.18. The van der Waals surface area contributed by atoms with Gasteiger partial charge in [-0.2, -0.15) is 5.10 Å². The fraction of sp³-hybridized carbons (Fsp3) is 0.211. The van der Waals surface area contributed by atoms with Crippen molar-refractivity contribution in [1.29, 1.82) is 0 Å². The van der Waals surface area contributed by atoms with E-state index >= 15 is 0 Å². The minimum atomic E-state index is -0.385. The Kier molecular flexibility index (Phi) is 4.61. The summed E-state index contributed by atoms with van der Waals surface area (Å²) < 4.78 is 12.2. The van der Waals surface area contributed by atoms with Gasteiger partial charge in [0.15, 0.2) is 17.2 Å². The molecule has 1 aliphatic heterocycles. The second kappa shape index (κ2) is 7.36. The first-order valence-corrected chi connectivity index (χ1v) is 8.57. The number of ether oxygens (including phenoxy) is 2. The molecule has 0 bridgehead atoms. The molecule has 8 heteroatoms. The van der Waals surface area contributed by atoms with Gasteiger partial charge in [-0.3, -0.25) is 9.59 Å². The number of carbonyl (C=O) groups excluding carboxylic acids is 2. The molecule has 1 aromatic carbocycles. The highest BCUT2D eigenvalue weighted by Gasteiger charge is 2.14. The summed E-state index contributed by atoms with van der Waals surface area (Å²) in [4.78, 5) is 24.1. The average molecular weight is 366 g/mol. The zero-order chi connectivity index (χ0) is 18.6. The molecule has 8 nitrogen and oxygen atoms in total. The molecule has 0 spiro atoms. The van der Waals surface area contributed by atoms with Crippen LogP contribution in [-0.2, 0) is 11.2 Å². The second-order valence-corrected chi connectivity index (χ2v) is 6.07. The molecule has 0 atom stereocenters. The van der Waals surface area contributed by atoms with E-state index < -0.39 is 0 Å². The standard InChI is InChI=1S/C19H18N4O4/c24-18(20-7-6-13-4-5-16-17(9-13)27-12-26-16)11-21-19(25)15-10-14-3-1-2-8-23(14)22-15/h1-5,8-10H,6-7,11-12H2,(H,20,24)(H,21,25). The molecule has 3 heterocycles. The lowest BCUT2D eigenvalue weighted by Gasteiger charge is -2.07. The predicted octanol–water partition coefficient (Wildman–Crippen LogP) is 1.15. The maximum absolute atomic E-state index is 12.1. The van der Waals surface area contributed by atoms with E-state index in [2.05, 4.69) is 15.7 Å². The largest absolute Gasteiger partial charge is 0.454 e. The van der Waals surface area contributed by atoms with Gasteiger partial charge in [0, 0.05) is 12.7 Å². The van der Waals surface area contributed by atoms with Crippen molar-refractivity contribution in [3.8, 4) is 11.5 Å². The van der Waals surface area contributed by atoms with Gasteiger partial charge in [-0.25, -0.2) is 4.52 Å². The quantitative estimate of drug-likeness (QED) is 0.683. The Morgan fingerprint density at radius 2 is 1.96 bits per heavy atom. The van der Waals surface area contributed by atoms with Crippen LogP contribution in [0.5, 0.6) is 11.5 Å². The van der Waals surface area contributed by atoms with Crippen molar-refractivity contribution in [1.82, 2.24) is 20.2 Å². The first-order valence-electron chi connectivity index (χ1n) is 8.57. The molecule has 27 heavy (non-hydrogen) atoms. The second-order valence-electron chi connectivity index (χ2n) is 6.07. The number of hydrogen-bond donors (Lipinski definition) is 2. The third-order valence-corrected chi connectivity index (χ3v) is 4.18. The summed E-state index contributed by atoms with van der Waals surface area (Å²) in [5.74, 6) is 0.813. The van der Waals surface area contributed by atoms with Crippen LogP contribution in [0.3, 0.4) is 0 Å². The van der Waals surface area contributed by atoms with Crippen molar-refractivity contribution in [2.75, 3.05) is 19.9 Å². The monoisotopic (exact) mass is 366 g/mol. The van der Waals surface area contributed by atoms with Crippen LogP contribution in [0.1, 0.15) is 16.1 Å². The fourth-order valence-electron chi connectivity index (χ4n) is 2.81. The molecule has 3 aromatic rings. The SMILES string of the molecule is O=C(CNC(=O)c1cc2ccccn2n1)NCCc1ccc2c(c1)OCO2. The average Bonchev–Trinajstić information content (AvgIpc) is 3.32. The summed E-state index contributed by atoms with van der Waals surface area (Å²) in [6.45, 7) is 0.595. The van der Waals surface area contributed by atoms with Crippen molar-refractivity contribution < 1.29 is 19.1 Å². The Labute approximate surface area is 155 Å². The van der Waals surface area contributed by atoms with Crippen LogP contribution in [0.4, 0.5) is 0 Å². The van der Waals surface area contributed by atoms with Crippen molar-refractivity contribution in [3.05, 3.63) is 59.9 Å². The molecule has 0 aliphatic carbocycles. The molecule has 0 radical (unpaired) electrons. The number of fused-ring (bicyclic) bond motifs is 2. The van der Waals surface area contributed by atoms with Crippen molar-refractivity contribution in [3.63, 3.8) is 0 Å². The van der Waals surface area contributed by atoms with E-state index in [0.29, 0.717) is 13.0 Å². The molecule has 1 aliphatic rings. The molecular weight excluding hydrogens is 348 g/mol. The van der Waals surface area contributed by atoms with E-state index in [4.69, 9.17) is 9.47 Å². The van der Waals surface area contributed by atoms with E-state index in [1.165, 1.54) is 0 Å². The topological polar surface area (TPSA) is 94.0 Å². The Morgan fingerprint density at radius 1 is 1.07 bits per heavy atom. The third kappa shape index (κ3) is 3.84. The smallest absolute Gasteiger partial charge is 0.272 e. The predicted molar refractivity (Wildman–Crippen MR) is 96.8 cm³/mol. The Balaban J connectivity index is 1.23. The van der Waals surface area contributed by atoms with Gasteiger partial charge in [0.05, 0.1) is 12.1 Å². The maximum Gasteiger partial charge on any atom is 0.272 e. The van der Waals surface area contributed by atoms with Crippen LogP contribution in [0.25, 0.3) is 5.52 Å². The highest BCUT2D eigenvalue weighted by Crippen LogP contribution is 2.32. The lowest BCUT2D eigenvalue weighted by Crippen LogP contribution is -2.37. The first kappa shape index (κ1) is 16.9. The maximum atomic E-state index is 12.1. The minimum absolute atomic E-state index is 0.103. The highest BCUT2D eigenvalue weighted by atomic mass is 16.7. The fourth-order valence-corrected chi connectivity index (χ4v) is 2.81. The lowest BCUT2D eigenvalue weighted by atomic mass is 10.1. The van der Waals surface area contributed by atoms with E-state index in [-0.39, 0.29) is 30.8 Å².